The van der Waals surface area contributed by atoms with E-state index in [-0.39, 0.29) is 29.4 Å². The number of carbonyl (C=O) groups is 2. The maximum absolute atomic E-state index is 12.1. The lowest BCUT2D eigenvalue weighted by Gasteiger charge is -2.11. The molecular formula is C15H21N3O4S. The van der Waals surface area contributed by atoms with E-state index in [0.29, 0.717) is 25.1 Å². The first-order valence-electron chi connectivity index (χ1n) is 7.34. The smallest absolute Gasteiger partial charge is 0.237 e. The molecule has 0 saturated carbocycles. The van der Waals surface area contributed by atoms with Gasteiger partial charge >= 0.3 is 0 Å². The molecule has 2 unspecified atom stereocenters. The number of Topliss-reactive ketones (excluding diaryl/α,β-unsaturated/α-hetero) is 1. The number of ketones is 1. The van der Waals surface area contributed by atoms with Gasteiger partial charge in [-0.3, -0.25) is 9.59 Å². The molecule has 1 amide bonds. The fraction of sp³-hybridized carbons (Fsp3) is 0.467. The number of rotatable bonds is 6. The number of sulfonamides is 1. The number of hydrogen-bond acceptors (Lipinski definition) is 5. The molecule has 0 radical (unpaired) electrons. The first kappa shape index (κ1) is 17.6. The summed E-state index contributed by atoms with van der Waals surface area (Å²) in [5.74, 6) is -0.346. The Morgan fingerprint density at radius 2 is 1.87 bits per heavy atom. The van der Waals surface area contributed by atoms with Crippen LogP contribution in [0.4, 0.5) is 0 Å². The van der Waals surface area contributed by atoms with E-state index in [9.17, 15) is 18.0 Å². The molecule has 0 aromatic heterocycles. The molecule has 1 aliphatic rings. The van der Waals surface area contributed by atoms with Gasteiger partial charge in [-0.2, -0.15) is 0 Å². The minimum atomic E-state index is -3.54. The van der Waals surface area contributed by atoms with Crippen molar-refractivity contribution in [3.8, 4) is 0 Å². The SMILES string of the molecule is CC(=O)C1CNC(C(=O)NCc2ccc(CS(N)(=O)=O)cc2)C1. The normalized spacial score (nSPS) is 21.1. The third kappa shape index (κ3) is 5.42. The second-order valence-electron chi connectivity index (χ2n) is 5.85. The molecule has 2 atom stereocenters. The zero-order chi connectivity index (χ0) is 17.0. The summed E-state index contributed by atoms with van der Waals surface area (Å²) < 4.78 is 22.0. The molecule has 126 valence electrons. The number of primary sulfonamides is 1. The van der Waals surface area contributed by atoms with Crippen molar-refractivity contribution < 1.29 is 18.0 Å². The van der Waals surface area contributed by atoms with Crippen LogP contribution in [-0.2, 0) is 31.9 Å². The monoisotopic (exact) mass is 339 g/mol. The largest absolute Gasteiger partial charge is 0.351 e. The summed E-state index contributed by atoms with van der Waals surface area (Å²) in [5.41, 5.74) is 1.46. The van der Waals surface area contributed by atoms with Crippen LogP contribution in [0.15, 0.2) is 24.3 Å². The van der Waals surface area contributed by atoms with E-state index in [2.05, 4.69) is 10.6 Å². The van der Waals surface area contributed by atoms with Gasteiger partial charge in [-0.05, 0) is 24.5 Å². The van der Waals surface area contributed by atoms with Crippen LogP contribution in [-0.4, -0.2) is 32.7 Å². The Balaban J connectivity index is 1.84. The quantitative estimate of drug-likeness (QED) is 0.655. The molecule has 1 fully saturated rings. The fourth-order valence-corrected chi connectivity index (χ4v) is 3.20. The van der Waals surface area contributed by atoms with Crippen LogP contribution in [0.3, 0.4) is 0 Å². The molecule has 23 heavy (non-hydrogen) atoms. The van der Waals surface area contributed by atoms with E-state index in [1.807, 2.05) is 0 Å². The Morgan fingerprint density at radius 3 is 2.39 bits per heavy atom. The van der Waals surface area contributed by atoms with E-state index in [0.717, 1.165) is 5.56 Å². The number of hydrogen-bond donors (Lipinski definition) is 3. The molecule has 0 spiro atoms. The van der Waals surface area contributed by atoms with Crippen LogP contribution in [0.5, 0.6) is 0 Å². The number of amides is 1. The van der Waals surface area contributed by atoms with Gasteiger partial charge in [0, 0.05) is 19.0 Å². The van der Waals surface area contributed by atoms with Crippen LogP contribution in [0.25, 0.3) is 0 Å². The van der Waals surface area contributed by atoms with Crippen molar-refractivity contribution >= 4 is 21.7 Å². The molecule has 4 N–H and O–H groups in total. The van der Waals surface area contributed by atoms with Gasteiger partial charge in [0.1, 0.15) is 5.78 Å². The highest BCUT2D eigenvalue weighted by atomic mass is 32.2. The summed E-state index contributed by atoms with van der Waals surface area (Å²) in [4.78, 5) is 23.4. The minimum absolute atomic E-state index is 0.0942. The van der Waals surface area contributed by atoms with Crippen molar-refractivity contribution in [3.05, 3.63) is 35.4 Å². The summed E-state index contributed by atoms with van der Waals surface area (Å²) in [6, 6.07) is 6.50. The van der Waals surface area contributed by atoms with E-state index in [4.69, 9.17) is 5.14 Å². The number of nitrogens with two attached hydrogens (primary N) is 1. The topological polar surface area (TPSA) is 118 Å². The van der Waals surface area contributed by atoms with E-state index >= 15 is 0 Å². The van der Waals surface area contributed by atoms with Gasteiger partial charge in [0.15, 0.2) is 0 Å². The summed E-state index contributed by atoms with van der Waals surface area (Å²) >= 11 is 0. The Morgan fingerprint density at radius 1 is 1.26 bits per heavy atom. The van der Waals surface area contributed by atoms with Gasteiger partial charge < -0.3 is 10.6 Å². The van der Waals surface area contributed by atoms with Gasteiger partial charge in [-0.15, -0.1) is 0 Å². The molecule has 1 aromatic carbocycles. The van der Waals surface area contributed by atoms with Crippen molar-refractivity contribution in [3.63, 3.8) is 0 Å². The summed E-state index contributed by atoms with van der Waals surface area (Å²) in [7, 11) is -3.54. The molecular weight excluding hydrogens is 318 g/mol. The van der Waals surface area contributed by atoms with Gasteiger partial charge in [-0.1, -0.05) is 24.3 Å². The number of nitrogens with one attached hydrogen (secondary N) is 2. The van der Waals surface area contributed by atoms with E-state index in [1.165, 1.54) is 6.92 Å². The Kier molecular flexibility index (Phi) is 5.51. The molecule has 1 heterocycles. The van der Waals surface area contributed by atoms with Gasteiger partial charge in [0.25, 0.3) is 0 Å². The van der Waals surface area contributed by atoms with Crippen molar-refractivity contribution in [2.24, 2.45) is 11.1 Å². The predicted octanol–water partition coefficient (Wildman–Crippen LogP) is -0.342. The standard InChI is InChI=1S/C15H21N3O4S/c1-10(19)13-6-14(17-8-13)15(20)18-7-11-2-4-12(5-3-11)9-23(16,21)22/h2-5,13-14,17H,6-9H2,1H3,(H,18,20)(H2,16,21,22). The van der Waals surface area contributed by atoms with Gasteiger partial charge in [-0.25, -0.2) is 13.6 Å². The van der Waals surface area contributed by atoms with Crippen molar-refractivity contribution in [2.45, 2.75) is 31.7 Å². The van der Waals surface area contributed by atoms with E-state index < -0.39 is 10.0 Å². The maximum Gasteiger partial charge on any atom is 0.237 e. The lowest BCUT2D eigenvalue weighted by Crippen LogP contribution is -2.39. The zero-order valence-electron chi connectivity index (χ0n) is 12.9. The van der Waals surface area contributed by atoms with Crippen LogP contribution in [0.1, 0.15) is 24.5 Å². The molecule has 0 bridgehead atoms. The molecule has 1 aliphatic heterocycles. The second kappa shape index (κ2) is 7.20. The number of carbonyl (C=O) groups excluding carboxylic acids is 2. The molecule has 2 rings (SSSR count). The summed E-state index contributed by atoms with van der Waals surface area (Å²) in [6.07, 6.45) is 0.522. The third-order valence-corrected chi connectivity index (χ3v) is 4.62. The highest BCUT2D eigenvalue weighted by Crippen LogP contribution is 2.15. The number of benzene rings is 1. The van der Waals surface area contributed by atoms with E-state index in [1.54, 1.807) is 24.3 Å². The van der Waals surface area contributed by atoms with Crippen LogP contribution in [0, 0.1) is 5.92 Å². The molecule has 1 saturated heterocycles. The van der Waals surface area contributed by atoms with Crippen LogP contribution < -0.4 is 15.8 Å². The Hall–Kier alpha value is -1.77. The molecule has 7 nitrogen and oxygen atoms in total. The minimum Gasteiger partial charge on any atom is -0.351 e. The molecule has 0 aliphatic carbocycles. The van der Waals surface area contributed by atoms with Crippen molar-refractivity contribution in [1.82, 2.24) is 10.6 Å². The van der Waals surface area contributed by atoms with Crippen LogP contribution in [0.2, 0.25) is 0 Å². The molecule has 8 heteroatoms. The average molecular weight is 339 g/mol. The first-order valence-corrected chi connectivity index (χ1v) is 9.06. The fourth-order valence-electron chi connectivity index (χ4n) is 2.54. The lowest BCUT2D eigenvalue weighted by molar-refractivity contribution is -0.123. The van der Waals surface area contributed by atoms with Crippen molar-refractivity contribution in [2.75, 3.05) is 6.54 Å². The summed E-state index contributed by atoms with van der Waals surface area (Å²) in [5, 5.41) is 10.8. The maximum atomic E-state index is 12.1. The molecule has 1 aromatic rings. The zero-order valence-corrected chi connectivity index (χ0v) is 13.7. The Bertz CT molecular complexity index is 685. The van der Waals surface area contributed by atoms with Gasteiger partial charge in [0.05, 0.1) is 11.8 Å². The second-order valence-corrected chi connectivity index (χ2v) is 7.46. The van der Waals surface area contributed by atoms with Crippen LogP contribution >= 0.6 is 0 Å². The van der Waals surface area contributed by atoms with Gasteiger partial charge in [0.2, 0.25) is 15.9 Å². The predicted molar refractivity (Wildman–Crippen MR) is 85.7 cm³/mol. The third-order valence-electron chi connectivity index (χ3n) is 3.88. The average Bonchev–Trinajstić information content (AvgIpc) is 2.94. The van der Waals surface area contributed by atoms with Crippen molar-refractivity contribution in [1.29, 1.82) is 0 Å². The highest BCUT2D eigenvalue weighted by molar-refractivity contribution is 7.88. The summed E-state index contributed by atoms with van der Waals surface area (Å²) in [6.45, 7) is 2.42. The first-order chi connectivity index (χ1) is 10.7. The Labute approximate surface area is 135 Å². The lowest BCUT2D eigenvalue weighted by atomic mass is 10.0. The highest BCUT2D eigenvalue weighted by Gasteiger charge is 2.31.